The molecule has 0 spiro atoms. The number of nitrogens with zero attached hydrogens (tertiary/aromatic N) is 1. The van der Waals surface area contributed by atoms with Gasteiger partial charge in [0.2, 0.25) is 0 Å². The molecular formula is C18H17ClN2O2. The summed E-state index contributed by atoms with van der Waals surface area (Å²) in [6.45, 7) is 1.70. The van der Waals surface area contributed by atoms with Crippen LogP contribution in [-0.4, -0.2) is 18.2 Å². The zero-order valence-corrected chi connectivity index (χ0v) is 13.5. The lowest BCUT2D eigenvalue weighted by Crippen LogP contribution is -2.25. The molecule has 23 heavy (non-hydrogen) atoms. The van der Waals surface area contributed by atoms with Gasteiger partial charge in [-0.15, -0.1) is 0 Å². The molecule has 1 N–H and O–H groups in total. The van der Waals surface area contributed by atoms with E-state index in [-0.39, 0.29) is 12.5 Å². The van der Waals surface area contributed by atoms with Gasteiger partial charge in [0.25, 0.3) is 5.91 Å². The van der Waals surface area contributed by atoms with Gasteiger partial charge in [-0.2, -0.15) is 5.10 Å². The Morgan fingerprint density at radius 3 is 2.57 bits per heavy atom. The van der Waals surface area contributed by atoms with Gasteiger partial charge in [-0.25, -0.2) is 5.43 Å². The Morgan fingerprint density at radius 2 is 1.87 bits per heavy atom. The van der Waals surface area contributed by atoms with E-state index in [9.17, 15) is 4.79 Å². The van der Waals surface area contributed by atoms with Crippen molar-refractivity contribution in [2.45, 2.75) is 6.92 Å². The van der Waals surface area contributed by atoms with Gasteiger partial charge < -0.3 is 4.74 Å². The minimum atomic E-state index is -0.326. The lowest BCUT2D eigenvalue weighted by Gasteiger charge is -2.05. The second kappa shape index (κ2) is 8.76. The first-order chi connectivity index (χ1) is 11.1. The van der Waals surface area contributed by atoms with Crippen LogP contribution in [0.1, 0.15) is 12.5 Å². The maximum absolute atomic E-state index is 11.7. The van der Waals surface area contributed by atoms with Crippen LogP contribution in [-0.2, 0) is 4.79 Å². The molecule has 0 fully saturated rings. The second-order valence-electron chi connectivity index (χ2n) is 4.77. The highest BCUT2D eigenvalue weighted by Gasteiger charge is 2.01. The highest BCUT2D eigenvalue weighted by atomic mass is 35.5. The number of nitrogens with one attached hydrogen (secondary N) is 1. The van der Waals surface area contributed by atoms with Crippen LogP contribution in [0.2, 0.25) is 5.02 Å². The summed E-state index contributed by atoms with van der Waals surface area (Å²) in [5.74, 6) is 0.252. The molecular weight excluding hydrogens is 312 g/mol. The molecule has 0 bridgehead atoms. The van der Waals surface area contributed by atoms with Gasteiger partial charge in [-0.05, 0) is 42.8 Å². The number of ether oxygens (including phenoxy) is 1. The van der Waals surface area contributed by atoms with Crippen LogP contribution in [0.25, 0.3) is 6.08 Å². The number of amides is 1. The van der Waals surface area contributed by atoms with Crippen LogP contribution in [0.15, 0.2) is 65.8 Å². The third-order valence-corrected chi connectivity index (χ3v) is 3.11. The van der Waals surface area contributed by atoms with E-state index in [4.69, 9.17) is 16.3 Å². The lowest BCUT2D eigenvalue weighted by molar-refractivity contribution is -0.123. The molecule has 118 valence electrons. The molecule has 0 unspecified atom stereocenters. The van der Waals surface area contributed by atoms with Crippen molar-refractivity contribution < 1.29 is 9.53 Å². The summed E-state index contributed by atoms with van der Waals surface area (Å²) in [4.78, 5) is 11.7. The minimum absolute atomic E-state index is 0.110. The number of benzene rings is 2. The molecule has 0 atom stereocenters. The Balaban J connectivity index is 1.78. The van der Waals surface area contributed by atoms with Crippen LogP contribution < -0.4 is 10.2 Å². The minimum Gasteiger partial charge on any atom is -0.484 e. The molecule has 0 saturated carbocycles. The Bertz CT molecular complexity index is 695. The summed E-state index contributed by atoms with van der Waals surface area (Å²) < 4.78 is 5.33. The normalized spacial score (nSPS) is 11.5. The first-order valence-electron chi connectivity index (χ1n) is 7.08. The van der Waals surface area contributed by atoms with Gasteiger partial charge in [-0.3, -0.25) is 4.79 Å². The van der Waals surface area contributed by atoms with Crippen molar-refractivity contribution in [3.63, 3.8) is 0 Å². The number of carbonyl (C=O) groups excluding carboxylic acids is 1. The number of halogens is 1. The summed E-state index contributed by atoms with van der Waals surface area (Å²) in [5.41, 5.74) is 4.20. The molecule has 1 amide bonds. The van der Waals surface area contributed by atoms with E-state index >= 15 is 0 Å². The average Bonchev–Trinajstić information content (AvgIpc) is 2.58. The van der Waals surface area contributed by atoms with E-state index in [1.165, 1.54) is 0 Å². The molecule has 0 heterocycles. The Morgan fingerprint density at radius 1 is 1.17 bits per heavy atom. The third kappa shape index (κ3) is 6.36. The van der Waals surface area contributed by atoms with Crippen molar-refractivity contribution in [3.8, 4) is 5.75 Å². The lowest BCUT2D eigenvalue weighted by atomic mass is 10.2. The summed E-state index contributed by atoms with van der Waals surface area (Å²) >= 11 is 5.77. The number of hydrogen-bond acceptors (Lipinski definition) is 3. The van der Waals surface area contributed by atoms with Gasteiger partial charge in [-0.1, -0.05) is 48.0 Å². The fourth-order valence-corrected chi connectivity index (χ4v) is 1.81. The molecule has 0 aromatic heterocycles. The molecule has 4 nitrogen and oxygen atoms in total. The van der Waals surface area contributed by atoms with Gasteiger partial charge in [0, 0.05) is 5.02 Å². The topological polar surface area (TPSA) is 50.7 Å². The first kappa shape index (κ1) is 16.8. The predicted molar refractivity (Wildman–Crippen MR) is 93.7 cm³/mol. The number of rotatable bonds is 6. The second-order valence-corrected chi connectivity index (χ2v) is 5.21. The van der Waals surface area contributed by atoms with Crippen molar-refractivity contribution >= 4 is 29.3 Å². The molecule has 0 aliphatic carbocycles. The zero-order chi connectivity index (χ0) is 16.5. The van der Waals surface area contributed by atoms with Gasteiger partial charge >= 0.3 is 0 Å². The number of carbonyl (C=O) groups is 1. The van der Waals surface area contributed by atoms with E-state index in [1.807, 2.05) is 42.5 Å². The molecule has 2 aromatic rings. The van der Waals surface area contributed by atoms with E-state index in [0.29, 0.717) is 16.5 Å². The monoisotopic (exact) mass is 328 g/mol. The Kier molecular flexibility index (Phi) is 6.39. The molecule has 0 aliphatic heterocycles. The number of hydrogen-bond donors (Lipinski definition) is 1. The van der Waals surface area contributed by atoms with Crippen LogP contribution in [0.5, 0.6) is 5.75 Å². The van der Waals surface area contributed by atoms with Gasteiger partial charge in [0.05, 0.1) is 5.71 Å². The largest absolute Gasteiger partial charge is 0.484 e. The average molecular weight is 329 g/mol. The first-order valence-corrected chi connectivity index (χ1v) is 7.46. The number of allylic oxidation sites excluding steroid dienone is 1. The molecule has 2 aromatic carbocycles. The Labute approximate surface area is 140 Å². The fraction of sp³-hybridized carbons (Fsp3) is 0.111. The van der Waals surface area contributed by atoms with Crippen LogP contribution >= 0.6 is 11.6 Å². The van der Waals surface area contributed by atoms with E-state index in [1.54, 1.807) is 31.2 Å². The van der Waals surface area contributed by atoms with Gasteiger partial charge in [0.15, 0.2) is 6.61 Å². The van der Waals surface area contributed by atoms with E-state index in [0.717, 1.165) is 5.56 Å². The third-order valence-electron chi connectivity index (χ3n) is 2.86. The standard InChI is InChI=1S/C18H17ClN2O2/c1-14(7-8-15-5-3-2-4-6-15)20-21-18(22)13-23-17-11-9-16(19)10-12-17/h2-12H,13H2,1H3,(H,21,22). The molecule has 0 saturated heterocycles. The number of hydrazone groups is 1. The molecule has 0 aliphatic rings. The highest BCUT2D eigenvalue weighted by molar-refractivity contribution is 6.30. The Hall–Kier alpha value is -2.59. The van der Waals surface area contributed by atoms with Crippen molar-refractivity contribution in [1.29, 1.82) is 0 Å². The molecule has 5 heteroatoms. The van der Waals surface area contributed by atoms with Gasteiger partial charge in [0.1, 0.15) is 5.75 Å². The summed E-state index contributed by atoms with van der Waals surface area (Å²) in [5, 5.41) is 4.61. The predicted octanol–water partition coefficient (Wildman–Crippen LogP) is 3.92. The SMILES string of the molecule is CC(C=Cc1ccccc1)=NNC(=O)COc1ccc(Cl)cc1. The van der Waals surface area contributed by atoms with Crippen LogP contribution in [0.3, 0.4) is 0 Å². The smallest absolute Gasteiger partial charge is 0.277 e. The summed E-state index contributed by atoms with van der Waals surface area (Å²) in [6.07, 6.45) is 3.75. The summed E-state index contributed by atoms with van der Waals surface area (Å²) in [6, 6.07) is 16.7. The van der Waals surface area contributed by atoms with Crippen molar-refractivity contribution in [1.82, 2.24) is 5.43 Å². The quantitative estimate of drug-likeness (QED) is 0.645. The maximum atomic E-state index is 11.7. The van der Waals surface area contributed by atoms with Crippen LogP contribution in [0, 0.1) is 0 Å². The highest BCUT2D eigenvalue weighted by Crippen LogP contribution is 2.15. The fourth-order valence-electron chi connectivity index (χ4n) is 1.68. The van der Waals surface area contributed by atoms with Crippen molar-refractivity contribution in [2.24, 2.45) is 5.10 Å². The maximum Gasteiger partial charge on any atom is 0.277 e. The van der Waals surface area contributed by atoms with Crippen molar-refractivity contribution in [3.05, 3.63) is 71.3 Å². The van der Waals surface area contributed by atoms with Crippen molar-refractivity contribution in [2.75, 3.05) is 6.61 Å². The van der Waals surface area contributed by atoms with E-state index < -0.39 is 0 Å². The molecule has 2 rings (SSSR count). The van der Waals surface area contributed by atoms with E-state index in [2.05, 4.69) is 10.5 Å². The molecule has 0 radical (unpaired) electrons. The van der Waals surface area contributed by atoms with Crippen LogP contribution in [0.4, 0.5) is 0 Å². The zero-order valence-electron chi connectivity index (χ0n) is 12.7. The summed E-state index contributed by atoms with van der Waals surface area (Å²) in [7, 11) is 0.